The number of anilines is 1. The maximum Gasteiger partial charge on any atom is 0.264 e. The summed E-state index contributed by atoms with van der Waals surface area (Å²) in [6.07, 6.45) is 6.03. The normalized spacial score (nSPS) is 19.0. The molecular formula is C17H20N4O3S. The molecule has 1 saturated heterocycles. The molecule has 1 aliphatic rings. The zero-order chi connectivity index (χ0) is 17.6. The molecule has 4 heterocycles. The Kier molecular flexibility index (Phi) is 3.88. The number of aromatic nitrogens is 3. The second-order valence-electron chi connectivity index (χ2n) is 6.50. The molecule has 1 atom stereocenters. The summed E-state index contributed by atoms with van der Waals surface area (Å²) in [7, 11) is -1.45. The van der Waals surface area contributed by atoms with E-state index in [4.69, 9.17) is 9.17 Å². The van der Waals surface area contributed by atoms with Crippen LogP contribution in [0.3, 0.4) is 0 Å². The molecule has 0 aromatic carbocycles. The minimum atomic E-state index is -3.45. The van der Waals surface area contributed by atoms with Gasteiger partial charge in [0.05, 0.1) is 17.9 Å². The first-order chi connectivity index (χ1) is 11.9. The average molecular weight is 360 g/mol. The summed E-state index contributed by atoms with van der Waals surface area (Å²) in [6, 6.07) is 6.02. The second-order valence-corrected chi connectivity index (χ2v) is 8.10. The quantitative estimate of drug-likeness (QED) is 0.666. The third kappa shape index (κ3) is 3.07. The van der Waals surface area contributed by atoms with Crippen molar-refractivity contribution in [3.8, 4) is 0 Å². The molecule has 0 bridgehead atoms. The van der Waals surface area contributed by atoms with Crippen LogP contribution in [0.15, 0.2) is 30.6 Å². The van der Waals surface area contributed by atoms with Crippen molar-refractivity contribution in [3.63, 3.8) is 0 Å². The number of pyridine rings is 2. The summed E-state index contributed by atoms with van der Waals surface area (Å²) < 4.78 is 30.0. The van der Waals surface area contributed by atoms with Gasteiger partial charge >= 0.3 is 0 Å². The first-order valence-corrected chi connectivity index (χ1v) is 10.1. The van der Waals surface area contributed by atoms with E-state index in [1.165, 1.54) is 0 Å². The first-order valence-electron chi connectivity index (χ1n) is 8.25. The maximum absolute atomic E-state index is 11.4. The van der Waals surface area contributed by atoms with E-state index < -0.39 is 10.1 Å². The molecule has 1 aliphatic heterocycles. The fraction of sp³-hybridized carbons (Fsp3) is 0.412. The molecule has 7 nitrogen and oxygen atoms in total. The molecule has 4 rings (SSSR count). The van der Waals surface area contributed by atoms with Gasteiger partial charge in [0.2, 0.25) is 0 Å². The van der Waals surface area contributed by atoms with Gasteiger partial charge in [-0.05, 0) is 31.0 Å². The highest BCUT2D eigenvalue weighted by atomic mass is 32.2. The highest BCUT2D eigenvalue weighted by Crippen LogP contribution is 2.29. The molecule has 0 spiro atoms. The molecule has 8 heteroatoms. The van der Waals surface area contributed by atoms with Crippen LogP contribution in [0.25, 0.3) is 21.9 Å². The second kappa shape index (κ2) is 5.96. The predicted molar refractivity (Wildman–Crippen MR) is 97.2 cm³/mol. The van der Waals surface area contributed by atoms with Gasteiger partial charge in [-0.2, -0.15) is 8.42 Å². The standard InChI is InChI=1S/C17H20N4O3S/c1-20-15-7-8-18-10-14(15)13-5-6-16(19-17(13)20)21-9-3-4-12(11-21)24-25(2,22)23/h5-8,10,12H,3-4,9,11H2,1-2H3/t12-/m0/s1. The minimum absolute atomic E-state index is 0.321. The van der Waals surface area contributed by atoms with E-state index in [-0.39, 0.29) is 6.10 Å². The number of nitrogens with zero attached hydrogens (tertiary/aromatic N) is 4. The average Bonchev–Trinajstić information content (AvgIpc) is 2.86. The number of aryl methyl sites for hydroxylation is 1. The van der Waals surface area contributed by atoms with Crippen LogP contribution in [0, 0.1) is 0 Å². The highest BCUT2D eigenvalue weighted by molar-refractivity contribution is 7.86. The summed E-state index contributed by atoms with van der Waals surface area (Å²) in [5.41, 5.74) is 1.98. The van der Waals surface area contributed by atoms with Crippen molar-refractivity contribution < 1.29 is 12.6 Å². The van der Waals surface area contributed by atoms with Gasteiger partial charge in [0.1, 0.15) is 11.5 Å². The molecular weight excluding hydrogens is 340 g/mol. The smallest absolute Gasteiger partial charge is 0.264 e. The van der Waals surface area contributed by atoms with Crippen molar-refractivity contribution in [2.75, 3.05) is 24.2 Å². The monoisotopic (exact) mass is 360 g/mol. The van der Waals surface area contributed by atoms with Gasteiger partial charge in [0.15, 0.2) is 0 Å². The fourth-order valence-electron chi connectivity index (χ4n) is 3.55. The molecule has 25 heavy (non-hydrogen) atoms. The van der Waals surface area contributed by atoms with Crippen LogP contribution in [0.5, 0.6) is 0 Å². The topological polar surface area (TPSA) is 77.3 Å². The van der Waals surface area contributed by atoms with Gasteiger partial charge in [-0.25, -0.2) is 4.98 Å². The summed E-state index contributed by atoms with van der Waals surface area (Å²) in [6.45, 7) is 1.37. The maximum atomic E-state index is 11.4. The van der Waals surface area contributed by atoms with Gasteiger partial charge in [-0.3, -0.25) is 9.17 Å². The number of fused-ring (bicyclic) bond motifs is 3. The number of rotatable bonds is 3. The van der Waals surface area contributed by atoms with Crippen LogP contribution < -0.4 is 4.90 Å². The Hall–Kier alpha value is -2.19. The van der Waals surface area contributed by atoms with Gasteiger partial charge < -0.3 is 9.47 Å². The van der Waals surface area contributed by atoms with Gasteiger partial charge in [-0.15, -0.1) is 0 Å². The summed E-state index contributed by atoms with van der Waals surface area (Å²) in [5.74, 6) is 0.841. The van der Waals surface area contributed by atoms with E-state index in [1.807, 2.05) is 25.4 Å². The summed E-state index contributed by atoms with van der Waals surface area (Å²) in [4.78, 5) is 11.1. The molecule has 132 valence electrons. The van der Waals surface area contributed by atoms with E-state index in [9.17, 15) is 8.42 Å². The Labute approximate surface area is 146 Å². The van der Waals surface area contributed by atoms with Gasteiger partial charge in [-0.1, -0.05) is 0 Å². The molecule has 0 unspecified atom stereocenters. The molecule has 3 aromatic heterocycles. The molecule has 1 fully saturated rings. The zero-order valence-electron chi connectivity index (χ0n) is 14.2. The Morgan fingerprint density at radius 1 is 1.24 bits per heavy atom. The largest absolute Gasteiger partial charge is 0.354 e. The van der Waals surface area contributed by atoms with Gasteiger partial charge in [0, 0.05) is 43.3 Å². The van der Waals surface area contributed by atoms with Crippen LogP contribution in [0.2, 0.25) is 0 Å². The minimum Gasteiger partial charge on any atom is -0.354 e. The molecule has 3 aromatic rings. The Balaban J connectivity index is 1.69. The van der Waals surface area contributed by atoms with E-state index >= 15 is 0 Å². The lowest BCUT2D eigenvalue weighted by Crippen LogP contribution is -2.40. The van der Waals surface area contributed by atoms with Crippen molar-refractivity contribution in [1.82, 2.24) is 14.5 Å². The van der Waals surface area contributed by atoms with Crippen LogP contribution in [-0.2, 0) is 21.3 Å². The molecule has 0 amide bonds. The number of piperidine rings is 1. The van der Waals surface area contributed by atoms with Crippen molar-refractivity contribution >= 4 is 37.9 Å². The van der Waals surface area contributed by atoms with Crippen LogP contribution >= 0.6 is 0 Å². The molecule has 0 radical (unpaired) electrons. The van der Waals surface area contributed by atoms with E-state index in [0.29, 0.717) is 6.54 Å². The molecule has 0 saturated carbocycles. The van der Waals surface area contributed by atoms with Crippen LogP contribution in [0.4, 0.5) is 5.82 Å². The zero-order valence-corrected chi connectivity index (χ0v) is 15.0. The first kappa shape index (κ1) is 16.3. The summed E-state index contributed by atoms with van der Waals surface area (Å²) in [5, 5.41) is 2.14. The Bertz CT molecular complexity index is 1040. The van der Waals surface area contributed by atoms with Crippen LogP contribution in [0.1, 0.15) is 12.8 Å². The molecule has 0 N–H and O–H groups in total. The lowest BCUT2D eigenvalue weighted by Gasteiger charge is -2.32. The van der Waals surface area contributed by atoms with Crippen LogP contribution in [-0.4, -0.2) is 48.4 Å². The predicted octanol–water partition coefficient (Wildman–Crippen LogP) is 2.07. The Morgan fingerprint density at radius 2 is 2.08 bits per heavy atom. The Morgan fingerprint density at radius 3 is 2.88 bits per heavy atom. The van der Waals surface area contributed by atoms with Crippen molar-refractivity contribution in [3.05, 3.63) is 30.6 Å². The SMILES string of the molecule is Cn1c2ccncc2c2ccc(N3CCC[C@H](OS(C)(=O)=O)C3)nc21. The highest BCUT2D eigenvalue weighted by Gasteiger charge is 2.25. The van der Waals surface area contributed by atoms with Crippen molar-refractivity contribution in [2.24, 2.45) is 7.05 Å². The third-order valence-electron chi connectivity index (χ3n) is 4.64. The van der Waals surface area contributed by atoms with E-state index in [2.05, 4.69) is 20.5 Å². The molecule has 0 aliphatic carbocycles. The van der Waals surface area contributed by atoms with Crippen molar-refractivity contribution in [1.29, 1.82) is 0 Å². The van der Waals surface area contributed by atoms with E-state index in [1.54, 1.807) is 6.20 Å². The van der Waals surface area contributed by atoms with E-state index in [0.717, 1.165) is 53.4 Å². The number of hydrogen-bond donors (Lipinski definition) is 0. The fourth-order valence-corrected chi connectivity index (χ4v) is 4.21. The summed E-state index contributed by atoms with van der Waals surface area (Å²) >= 11 is 0. The van der Waals surface area contributed by atoms with Crippen molar-refractivity contribution in [2.45, 2.75) is 18.9 Å². The van der Waals surface area contributed by atoms with Gasteiger partial charge in [0.25, 0.3) is 10.1 Å². The number of hydrogen-bond acceptors (Lipinski definition) is 6. The third-order valence-corrected chi connectivity index (χ3v) is 5.26. The lowest BCUT2D eigenvalue weighted by atomic mass is 10.1. The lowest BCUT2D eigenvalue weighted by molar-refractivity contribution is 0.188.